The van der Waals surface area contributed by atoms with Crippen LogP contribution in [0.2, 0.25) is 5.15 Å². The van der Waals surface area contributed by atoms with Gasteiger partial charge in [-0.1, -0.05) is 11.6 Å². The van der Waals surface area contributed by atoms with E-state index in [0.29, 0.717) is 0 Å². The number of aliphatic hydroxyl groups excluding tert-OH is 1. The van der Waals surface area contributed by atoms with Crippen LogP contribution in [0.25, 0.3) is 0 Å². The molecule has 10 heteroatoms. The molecule has 2 atom stereocenters. The minimum atomic E-state index is -1.29. The Morgan fingerprint density at radius 1 is 1.52 bits per heavy atom. The van der Waals surface area contributed by atoms with E-state index in [4.69, 9.17) is 16.7 Å². The SMILES string of the molecule is O=C(O)[C@@H]1CC(O)CN1C(=O)c1ccnc(Cl)c1[N+](=O)[O-]. The van der Waals surface area contributed by atoms with Gasteiger partial charge in [-0.2, -0.15) is 0 Å². The van der Waals surface area contributed by atoms with Crippen molar-refractivity contribution in [3.8, 4) is 0 Å². The quantitative estimate of drug-likeness (QED) is 0.465. The van der Waals surface area contributed by atoms with Gasteiger partial charge in [0.2, 0.25) is 5.15 Å². The second-order valence-corrected chi connectivity index (χ2v) is 4.81. The Kier molecular flexibility index (Phi) is 4.05. The number of likely N-dealkylation sites (tertiary alicyclic amines) is 1. The number of β-amino-alcohol motifs (C(OH)–C–C–N with tert-alkyl or cyclic N) is 1. The molecular weight excluding hydrogens is 306 g/mol. The molecule has 1 amide bonds. The first-order chi connectivity index (χ1) is 9.82. The van der Waals surface area contributed by atoms with Gasteiger partial charge in [0.25, 0.3) is 5.91 Å². The summed E-state index contributed by atoms with van der Waals surface area (Å²) < 4.78 is 0. The van der Waals surface area contributed by atoms with E-state index in [2.05, 4.69) is 4.98 Å². The van der Waals surface area contributed by atoms with Gasteiger partial charge in [0.15, 0.2) is 0 Å². The number of carboxylic acids is 1. The normalized spacial score (nSPS) is 21.3. The van der Waals surface area contributed by atoms with Gasteiger partial charge in [-0.3, -0.25) is 14.9 Å². The average Bonchev–Trinajstić information content (AvgIpc) is 2.79. The molecule has 9 nitrogen and oxygen atoms in total. The largest absolute Gasteiger partial charge is 0.480 e. The number of rotatable bonds is 3. The molecular formula is C11H10ClN3O6. The molecule has 1 unspecified atom stereocenters. The van der Waals surface area contributed by atoms with Crippen molar-refractivity contribution in [2.45, 2.75) is 18.6 Å². The number of halogens is 1. The number of nitrogens with zero attached hydrogens (tertiary/aromatic N) is 3. The van der Waals surface area contributed by atoms with Crippen molar-refractivity contribution in [1.29, 1.82) is 0 Å². The van der Waals surface area contributed by atoms with Crippen molar-refractivity contribution in [2.75, 3.05) is 6.54 Å². The summed E-state index contributed by atoms with van der Waals surface area (Å²) in [4.78, 5) is 38.0. The fraction of sp³-hybridized carbons (Fsp3) is 0.364. The zero-order valence-corrected chi connectivity index (χ0v) is 11.2. The molecule has 0 saturated carbocycles. The molecule has 2 heterocycles. The number of carboxylic acid groups (broad SMARTS) is 1. The average molecular weight is 316 g/mol. The van der Waals surface area contributed by atoms with Crippen LogP contribution in [0.3, 0.4) is 0 Å². The van der Waals surface area contributed by atoms with Crippen LogP contribution in [-0.2, 0) is 4.79 Å². The number of carbonyl (C=O) groups is 2. The summed E-state index contributed by atoms with van der Waals surface area (Å²) in [5.74, 6) is -2.17. The fourth-order valence-electron chi connectivity index (χ4n) is 2.20. The first kappa shape index (κ1) is 15.1. The Labute approximate surface area is 122 Å². The van der Waals surface area contributed by atoms with E-state index in [0.717, 1.165) is 17.2 Å². The first-order valence-corrected chi connectivity index (χ1v) is 6.21. The Morgan fingerprint density at radius 2 is 2.19 bits per heavy atom. The molecule has 1 aliphatic heterocycles. The Balaban J connectivity index is 2.43. The number of carbonyl (C=O) groups excluding carboxylic acids is 1. The Bertz CT molecular complexity index is 622. The molecule has 1 aromatic heterocycles. The van der Waals surface area contributed by atoms with Crippen LogP contribution in [-0.4, -0.2) is 55.6 Å². The summed E-state index contributed by atoms with van der Waals surface area (Å²) in [5, 5.41) is 29.1. The Hall–Kier alpha value is -2.26. The van der Waals surface area contributed by atoms with Crippen LogP contribution < -0.4 is 0 Å². The maximum Gasteiger partial charge on any atom is 0.326 e. The molecule has 2 rings (SSSR count). The summed E-state index contributed by atoms with van der Waals surface area (Å²) in [6, 6.07) is -0.144. The van der Waals surface area contributed by atoms with E-state index in [-0.39, 0.29) is 18.5 Å². The lowest BCUT2D eigenvalue weighted by Crippen LogP contribution is -2.40. The number of hydrogen-bond donors (Lipinski definition) is 2. The van der Waals surface area contributed by atoms with Crippen LogP contribution in [0.15, 0.2) is 12.3 Å². The van der Waals surface area contributed by atoms with Gasteiger partial charge in [-0.25, -0.2) is 9.78 Å². The molecule has 1 fully saturated rings. The zero-order valence-electron chi connectivity index (χ0n) is 10.5. The highest BCUT2D eigenvalue weighted by Gasteiger charge is 2.41. The first-order valence-electron chi connectivity index (χ1n) is 5.83. The van der Waals surface area contributed by atoms with Crippen molar-refractivity contribution in [3.63, 3.8) is 0 Å². The lowest BCUT2D eigenvalue weighted by molar-refractivity contribution is -0.385. The maximum absolute atomic E-state index is 12.3. The van der Waals surface area contributed by atoms with Gasteiger partial charge in [-0.15, -0.1) is 0 Å². The third-order valence-electron chi connectivity index (χ3n) is 3.12. The third kappa shape index (κ3) is 2.78. The minimum absolute atomic E-state index is 0.131. The molecule has 0 spiro atoms. The van der Waals surface area contributed by atoms with E-state index < -0.39 is 39.8 Å². The van der Waals surface area contributed by atoms with Crippen LogP contribution in [0.5, 0.6) is 0 Å². The topological polar surface area (TPSA) is 134 Å². The number of pyridine rings is 1. The molecule has 1 aromatic rings. The lowest BCUT2D eigenvalue weighted by Gasteiger charge is -2.21. The van der Waals surface area contributed by atoms with Gasteiger partial charge < -0.3 is 15.1 Å². The summed E-state index contributed by atoms with van der Waals surface area (Å²) in [5.41, 5.74) is -1.05. The number of aromatic nitrogens is 1. The van der Waals surface area contributed by atoms with Crippen molar-refractivity contribution in [1.82, 2.24) is 9.88 Å². The molecule has 112 valence electrons. The highest BCUT2D eigenvalue weighted by Crippen LogP contribution is 2.29. The lowest BCUT2D eigenvalue weighted by atomic mass is 10.1. The zero-order chi connectivity index (χ0) is 15.7. The highest BCUT2D eigenvalue weighted by atomic mass is 35.5. The molecule has 1 aliphatic rings. The number of aliphatic carboxylic acids is 1. The van der Waals surface area contributed by atoms with E-state index >= 15 is 0 Å². The van der Waals surface area contributed by atoms with Crippen LogP contribution in [0.1, 0.15) is 16.8 Å². The van der Waals surface area contributed by atoms with Crippen LogP contribution in [0.4, 0.5) is 5.69 Å². The summed E-state index contributed by atoms with van der Waals surface area (Å²) in [6.07, 6.45) is -0.00941. The van der Waals surface area contributed by atoms with Crippen molar-refractivity contribution in [3.05, 3.63) is 33.1 Å². The smallest absolute Gasteiger partial charge is 0.326 e. The predicted octanol–water partition coefficient (Wildman–Crippen LogP) is 0.303. The summed E-state index contributed by atoms with van der Waals surface area (Å²) >= 11 is 5.61. The molecule has 0 radical (unpaired) electrons. The molecule has 0 aromatic carbocycles. The van der Waals surface area contributed by atoms with Gasteiger partial charge in [-0.05, 0) is 6.07 Å². The minimum Gasteiger partial charge on any atom is -0.480 e. The van der Waals surface area contributed by atoms with E-state index in [1.807, 2.05) is 0 Å². The molecule has 2 N–H and O–H groups in total. The van der Waals surface area contributed by atoms with Gasteiger partial charge in [0.05, 0.1) is 11.0 Å². The molecule has 21 heavy (non-hydrogen) atoms. The second kappa shape index (κ2) is 5.62. The Morgan fingerprint density at radius 3 is 2.76 bits per heavy atom. The van der Waals surface area contributed by atoms with E-state index in [1.165, 1.54) is 0 Å². The number of aliphatic hydroxyl groups is 1. The third-order valence-corrected chi connectivity index (χ3v) is 3.39. The highest BCUT2D eigenvalue weighted by molar-refractivity contribution is 6.32. The predicted molar refractivity (Wildman–Crippen MR) is 69.0 cm³/mol. The van der Waals surface area contributed by atoms with Crippen molar-refractivity contribution in [2.24, 2.45) is 0 Å². The second-order valence-electron chi connectivity index (χ2n) is 4.46. The molecule has 0 aliphatic carbocycles. The van der Waals surface area contributed by atoms with Crippen molar-refractivity contribution >= 4 is 29.2 Å². The number of nitro groups is 1. The molecule has 0 bridgehead atoms. The summed E-state index contributed by atoms with van der Waals surface area (Å²) in [7, 11) is 0. The van der Waals surface area contributed by atoms with Gasteiger partial charge >= 0.3 is 11.7 Å². The van der Waals surface area contributed by atoms with Gasteiger partial charge in [0.1, 0.15) is 11.6 Å². The number of hydrogen-bond acceptors (Lipinski definition) is 6. The van der Waals surface area contributed by atoms with E-state index in [9.17, 15) is 24.8 Å². The van der Waals surface area contributed by atoms with Crippen LogP contribution >= 0.6 is 11.6 Å². The van der Waals surface area contributed by atoms with E-state index in [1.54, 1.807) is 0 Å². The monoisotopic (exact) mass is 315 g/mol. The fourth-order valence-corrected chi connectivity index (χ4v) is 2.43. The standard InChI is InChI=1S/C11H10ClN3O6/c12-9-8(15(20)21)6(1-2-13-9)10(17)14-4-5(16)3-7(14)11(18)19/h1-2,5,7,16H,3-4H2,(H,18,19)/t5?,7-/m0/s1. The van der Waals surface area contributed by atoms with Crippen molar-refractivity contribution < 1.29 is 24.7 Å². The summed E-state index contributed by atoms with van der Waals surface area (Å²) in [6.45, 7) is -0.215. The van der Waals surface area contributed by atoms with Crippen LogP contribution in [0, 0.1) is 10.1 Å². The maximum atomic E-state index is 12.3. The number of amides is 1. The molecule has 1 saturated heterocycles. The van der Waals surface area contributed by atoms with Gasteiger partial charge in [0, 0.05) is 19.2 Å².